The van der Waals surface area contributed by atoms with E-state index in [2.05, 4.69) is 4.37 Å². The van der Waals surface area contributed by atoms with Crippen molar-refractivity contribution in [1.29, 1.82) is 0 Å². The summed E-state index contributed by atoms with van der Waals surface area (Å²) in [5.74, 6) is -0.0994. The van der Waals surface area contributed by atoms with Gasteiger partial charge < -0.3 is 21.5 Å². The molecular weight excluding hydrogens is 228 g/mol. The predicted octanol–water partition coefficient (Wildman–Crippen LogP) is -0.357. The van der Waals surface area contributed by atoms with Crippen molar-refractivity contribution in [2.75, 3.05) is 30.3 Å². The number of hydrogen-bond acceptors (Lipinski definition) is 6. The van der Waals surface area contributed by atoms with E-state index in [1.807, 2.05) is 4.90 Å². The van der Waals surface area contributed by atoms with E-state index in [1.54, 1.807) is 0 Å². The third-order valence-corrected chi connectivity index (χ3v) is 3.70. The van der Waals surface area contributed by atoms with Gasteiger partial charge in [-0.05, 0) is 18.0 Å². The number of aliphatic hydroxyl groups excluding tert-OH is 1. The summed E-state index contributed by atoms with van der Waals surface area (Å²) >= 11 is 1.18. The number of nitrogen functional groups attached to an aromatic ring is 1. The summed E-state index contributed by atoms with van der Waals surface area (Å²) in [5.41, 5.74) is 11.2. The number of carbonyl (C=O) groups is 1. The second kappa shape index (κ2) is 4.26. The van der Waals surface area contributed by atoms with Crippen molar-refractivity contribution >= 4 is 28.3 Å². The molecule has 1 amide bonds. The van der Waals surface area contributed by atoms with Crippen LogP contribution < -0.4 is 16.4 Å². The topological polar surface area (TPSA) is 105 Å². The molecule has 1 aliphatic rings. The maximum Gasteiger partial charge on any atom is 0.255 e. The Kier molecular flexibility index (Phi) is 2.97. The highest BCUT2D eigenvalue weighted by Gasteiger charge is 2.28. The molecule has 5 N–H and O–H groups in total. The first-order valence-corrected chi connectivity index (χ1v) is 5.81. The minimum absolute atomic E-state index is 0.163. The van der Waals surface area contributed by atoms with E-state index in [-0.39, 0.29) is 18.3 Å². The Bertz CT molecular complexity index is 406. The van der Waals surface area contributed by atoms with Crippen LogP contribution in [0.4, 0.5) is 10.8 Å². The zero-order valence-electron chi connectivity index (χ0n) is 8.72. The number of nitrogens with zero attached hydrogens (tertiary/aromatic N) is 2. The van der Waals surface area contributed by atoms with Gasteiger partial charge in [0.05, 0.1) is 0 Å². The number of anilines is 2. The van der Waals surface area contributed by atoms with E-state index in [9.17, 15) is 4.79 Å². The van der Waals surface area contributed by atoms with Crippen molar-refractivity contribution in [2.24, 2.45) is 11.7 Å². The second-order valence-corrected chi connectivity index (χ2v) is 4.65. The number of rotatable bonds is 3. The first kappa shape index (κ1) is 11.2. The van der Waals surface area contributed by atoms with Crippen molar-refractivity contribution in [1.82, 2.24) is 4.37 Å². The summed E-state index contributed by atoms with van der Waals surface area (Å²) in [6.07, 6.45) is 0.909. The minimum atomic E-state index is -0.548. The van der Waals surface area contributed by atoms with Gasteiger partial charge in [0.2, 0.25) is 0 Å². The van der Waals surface area contributed by atoms with Crippen LogP contribution in [-0.2, 0) is 0 Å². The summed E-state index contributed by atoms with van der Waals surface area (Å²) in [4.78, 5) is 13.3. The molecule has 7 heteroatoms. The Labute approximate surface area is 97.0 Å². The van der Waals surface area contributed by atoms with E-state index < -0.39 is 5.91 Å². The molecule has 0 aromatic carbocycles. The maximum atomic E-state index is 11.2. The molecular formula is C9H14N4O2S. The van der Waals surface area contributed by atoms with Gasteiger partial charge in [0.15, 0.2) is 5.82 Å². The highest BCUT2D eigenvalue weighted by molar-refractivity contribution is 7.11. The van der Waals surface area contributed by atoms with Crippen LogP contribution in [0.25, 0.3) is 0 Å². The number of amides is 1. The molecule has 88 valence electrons. The Hall–Kier alpha value is -1.34. The number of carbonyl (C=O) groups excluding carboxylic acids is 1. The first-order valence-electron chi connectivity index (χ1n) is 5.04. The number of hydrogen-bond donors (Lipinski definition) is 3. The average molecular weight is 242 g/mol. The lowest BCUT2D eigenvalue weighted by Crippen LogP contribution is -2.23. The molecule has 2 heterocycles. The molecule has 0 bridgehead atoms. The van der Waals surface area contributed by atoms with Crippen LogP contribution >= 0.6 is 11.5 Å². The van der Waals surface area contributed by atoms with Crippen LogP contribution in [-0.4, -0.2) is 35.1 Å². The molecule has 1 aromatic rings. The predicted molar refractivity (Wildman–Crippen MR) is 62.5 cm³/mol. The standard InChI is InChI=1S/C9H14N4O2S/c10-7-6(8(11)15)9(16-12-7)13-2-1-5(3-13)4-14/h5,14H,1-4H2,(H2,10,12)(H2,11,15). The molecule has 1 fully saturated rings. The lowest BCUT2D eigenvalue weighted by molar-refractivity contribution is 0.100. The molecule has 1 aliphatic heterocycles. The van der Waals surface area contributed by atoms with E-state index in [1.165, 1.54) is 11.5 Å². The average Bonchev–Trinajstić information content (AvgIpc) is 2.82. The minimum Gasteiger partial charge on any atom is -0.396 e. The Morgan fingerprint density at radius 1 is 1.69 bits per heavy atom. The molecule has 1 unspecified atom stereocenters. The van der Waals surface area contributed by atoms with Crippen molar-refractivity contribution in [3.8, 4) is 0 Å². The smallest absolute Gasteiger partial charge is 0.255 e. The maximum absolute atomic E-state index is 11.2. The molecule has 0 aliphatic carbocycles. The van der Waals surface area contributed by atoms with Gasteiger partial charge in [-0.25, -0.2) is 0 Å². The van der Waals surface area contributed by atoms with Crippen molar-refractivity contribution in [3.63, 3.8) is 0 Å². The Morgan fingerprint density at radius 3 is 3.00 bits per heavy atom. The summed E-state index contributed by atoms with van der Waals surface area (Å²) in [7, 11) is 0. The van der Waals surface area contributed by atoms with Gasteiger partial charge in [0.1, 0.15) is 10.6 Å². The van der Waals surface area contributed by atoms with Crippen LogP contribution in [0.3, 0.4) is 0 Å². The Morgan fingerprint density at radius 2 is 2.44 bits per heavy atom. The molecule has 1 saturated heterocycles. The van der Waals surface area contributed by atoms with Crippen LogP contribution in [0.15, 0.2) is 0 Å². The zero-order valence-corrected chi connectivity index (χ0v) is 9.54. The first-order chi connectivity index (χ1) is 7.63. The van der Waals surface area contributed by atoms with Gasteiger partial charge in [0, 0.05) is 25.6 Å². The highest BCUT2D eigenvalue weighted by atomic mass is 32.1. The molecule has 2 rings (SSSR count). The van der Waals surface area contributed by atoms with E-state index in [4.69, 9.17) is 16.6 Å². The lowest BCUT2D eigenvalue weighted by atomic mass is 10.1. The normalized spacial score (nSPS) is 20.3. The van der Waals surface area contributed by atoms with Crippen LogP contribution in [0.2, 0.25) is 0 Å². The summed E-state index contributed by atoms with van der Waals surface area (Å²) in [6, 6.07) is 0. The van der Waals surface area contributed by atoms with Gasteiger partial charge in [-0.2, -0.15) is 4.37 Å². The van der Waals surface area contributed by atoms with E-state index in [0.29, 0.717) is 5.56 Å². The fourth-order valence-corrected chi connectivity index (χ4v) is 2.76. The summed E-state index contributed by atoms with van der Waals surface area (Å²) in [6.45, 7) is 1.68. The molecule has 1 atom stereocenters. The molecule has 0 saturated carbocycles. The fourth-order valence-electron chi connectivity index (χ4n) is 1.91. The van der Waals surface area contributed by atoms with Crippen molar-refractivity contribution < 1.29 is 9.90 Å². The second-order valence-electron chi connectivity index (χ2n) is 3.90. The third kappa shape index (κ3) is 1.83. The van der Waals surface area contributed by atoms with E-state index >= 15 is 0 Å². The molecule has 1 aromatic heterocycles. The SMILES string of the molecule is NC(=O)c1c(N)nsc1N1CCC(CO)C1. The summed E-state index contributed by atoms with van der Waals surface area (Å²) in [5, 5.41) is 9.78. The van der Waals surface area contributed by atoms with Crippen LogP contribution in [0.1, 0.15) is 16.8 Å². The number of aromatic nitrogens is 1. The zero-order chi connectivity index (χ0) is 11.7. The van der Waals surface area contributed by atoms with Gasteiger partial charge in [-0.1, -0.05) is 0 Å². The molecule has 6 nitrogen and oxygen atoms in total. The number of nitrogens with two attached hydrogens (primary N) is 2. The fraction of sp³-hybridized carbons (Fsp3) is 0.556. The molecule has 0 spiro atoms. The number of primary amides is 1. The Balaban J connectivity index is 2.25. The third-order valence-electron chi connectivity index (χ3n) is 2.78. The van der Waals surface area contributed by atoms with E-state index in [0.717, 1.165) is 24.5 Å². The highest BCUT2D eigenvalue weighted by Crippen LogP contribution is 2.33. The molecule has 16 heavy (non-hydrogen) atoms. The van der Waals surface area contributed by atoms with Gasteiger partial charge >= 0.3 is 0 Å². The van der Waals surface area contributed by atoms with Crippen LogP contribution in [0.5, 0.6) is 0 Å². The lowest BCUT2D eigenvalue weighted by Gasteiger charge is -2.16. The van der Waals surface area contributed by atoms with Gasteiger partial charge in [0.25, 0.3) is 5.91 Å². The van der Waals surface area contributed by atoms with Gasteiger partial charge in [-0.15, -0.1) is 0 Å². The van der Waals surface area contributed by atoms with Crippen molar-refractivity contribution in [3.05, 3.63) is 5.56 Å². The molecule has 0 radical (unpaired) electrons. The number of aliphatic hydroxyl groups is 1. The van der Waals surface area contributed by atoms with Crippen molar-refractivity contribution in [2.45, 2.75) is 6.42 Å². The van der Waals surface area contributed by atoms with Gasteiger partial charge in [-0.3, -0.25) is 4.79 Å². The quantitative estimate of drug-likeness (QED) is 0.671. The largest absolute Gasteiger partial charge is 0.396 e. The van der Waals surface area contributed by atoms with Crippen LogP contribution in [0, 0.1) is 5.92 Å². The monoisotopic (exact) mass is 242 g/mol. The summed E-state index contributed by atoms with van der Waals surface area (Å²) < 4.78 is 3.95.